The highest BCUT2D eigenvalue weighted by molar-refractivity contribution is 5.83. The Kier molecular flexibility index (Phi) is 4.73. The Morgan fingerprint density at radius 2 is 1.92 bits per heavy atom. The zero-order chi connectivity index (χ0) is 17.6. The van der Waals surface area contributed by atoms with Gasteiger partial charge in [-0.25, -0.2) is 4.98 Å². The van der Waals surface area contributed by atoms with Crippen LogP contribution in [-0.4, -0.2) is 26.5 Å². The van der Waals surface area contributed by atoms with Crippen molar-refractivity contribution in [3.8, 4) is 0 Å². The van der Waals surface area contributed by atoms with Crippen molar-refractivity contribution in [2.45, 2.75) is 13.0 Å². The zero-order valence-electron chi connectivity index (χ0n) is 14.3. The second-order valence-electron chi connectivity index (χ2n) is 6.02. The standard InChI is InChI=1S/C20H20N6/c1-2-6-18-17(5-1)16(14-24-18)7-10-22-19-8-11-23-20(26-19)25-13-15-4-3-9-21-12-15/h1-6,8-9,11-12,14,24H,7,10,13H2,(H2,22,23,25,26). The molecule has 130 valence electrons. The van der Waals surface area contributed by atoms with Gasteiger partial charge in [0.25, 0.3) is 0 Å². The van der Waals surface area contributed by atoms with Gasteiger partial charge in [-0.2, -0.15) is 4.98 Å². The van der Waals surface area contributed by atoms with E-state index in [1.807, 2.05) is 30.5 Å². The van der Waals surface area contributed by atoms with Crippen molar-refractivity contribution in [2.24, 2.45) is 0 Å². The number of H-pyrrole nitrogens is 1. The van der Waals surface area contributed by atoms with Gasteiger partial charge in [0.15, 0.2) is 0 Å². The van der Waals surface area contributed by atoms with Crippen LogP contribution < -0.4 is 10.6 Å². The van der Waals surface area contributed by atoms with E-state index in [1.54, 1.807) is 12.4 Å². The van der Waals surface area contributed by atoms with Gasteiger partial charge < -0.3 is 15.6 Å². The number of rotatable bonds is 7. The van der Waals surface area contributed by atoms with Crippen LogP contribution in [0.3, 0.4) is 0 Å². The minimum absolute atomic E-state index is 0.603. The molecule has 4 aromatic rings. The van der Waals surface area contributed by atoms with Crippen LogP contribution in [0.25, 0.3) is 10.9 Å². The summed E-state index contributed by atoms with van der Waals surface area (Å²) in [5.74, 6) is 1.42. The third kappa shape index (κ3) is 3.80. The molecule has 1 aromatic carbocycles. The number of benzene rings is 1. The van der Waals surface area contributed by atoms with Crippen LogP contribution in [0.2, 0.25) is 0 Å². The topological polar surface area (TPSA) is 78.5 Å². The molecule has 0 radical (unpaired) electrons. The number of nitrogens with one attached hydrogen (secondary N) is 3. The van der Waals surface area contributed by atoms with E-state index >= 15 is 0 Å². The van der Waals surface area contributed by atoms with Gasteiger partial charge >= 0.3 is 0 Å². The maximum atomic E-state index is 4.51. The van der Waals surface area contributed by atoms with Crippen LogP contribution in [0.5, 0.6) is 0 Å². The van der Waals surface area contributed by atoms with Gasteiger partial charge in [0, 0.05) is 48.8 Å². The number of para-hydroxylation sites is 1. The SMILES string of the molecule is c1cncc(CNc2nccc(NCCc3c[nH]c4ccccc34)n2)c1. The highest BCUT2D eigenvalue weighted by atomic mass is 15.1. The normalized spacial score (nSPS) is 10.8. The summed E-state index contributed by atoms with van der Waals surface area (Å²) in [6.45, 7) is 1.45. The van der Waals surface area contributed by atoms with E-state index in [9.17, 15) is 0 Å². The molecule has 3 heterocycles. The highest BCUT2D eigenvalue weighted by Gasteiger charge is 2.03. The van der Waals surface area contributed by atoms with E-state index in [-0.39, 0.29) is 0 Å². The Balaban J connectivity index is 1.33. The molecule has 6 nitrogen and oxygen atoms in total. The first kappa shape index (κ1) is 16.1. The monoisotopic (exact) mass is 344 g/mol. The second-order valence-corrected chi connectivity index (χ2v) is 6.02. The van der Waals surface area contributed by atoms with Gasteiger partial charge in [0.2, 0.25) is 5.95 Å². The Hall–Kier alpha value is -3.41. The molecule has 26 heavy (non-hydrogen) atoms. The van der Waals surface area contributed by atoms with Crippen LogP contribution in [0.15, 0.2) is 67.3 Å². The lowest BCUT2D eigenvalue weighted by atomic mass is 10.1. The molecule has 0 fully saturated rings. The molecule has 0 saturated heterocycles. The van der Waals surface area contributed by atoms with E-state index in [0.29, 0.717) is 12.5 Å². The molecule has 0 bridgehead atoms. The van der Waals surface area contributed by atoms with E-state index in [4.69, 9.17) is 0 Å². The Morgan fingerprint density at radius 1 is 0.962 bits per heavy atom. The smallest absolute Gasteiger partial charge is 0.224 e. The summed E-state index contributed by atoms with van der Waals surface area (Å²) in [5.41, 5.74) is 3.57. The zero-order valence-corrected chi connectivity index (χ0v) is 14.3. The Bertz CT molecular complexity index is 980. The fourth-order valence-electron chi connectivity index (χ4n) is 2.89. The van der Waals surface area contributed by atoms with Crippen LogP contribution >= 0.6 is 0 Å². The number of anilines is 2. The molecule has 0 saturated carbocycles. The minimum Gasteiger partial charge on any atom is -0.370 e. The molecule has 0 aliphatic carbocycles. The van der Waals surface area contributed by atoms with Crippen molar-refractivity contribution >= 4 is 22.7 Å². The molecule has 0 spiro atoms. The fourth-order valence-corrected chi connectivity index (χ4v) is 2.89. The summed E-state index contributed by atoms with van der Waals surface area (Å²) in [4.78, 5) is 16.2. The molecular weight excluding hydrogens is 324 g/mol. The lowest BCUT2D eigenvalue weighted by Gasteiger charge is -2.08. The van der Waals surface area contributed by atoms with Crippen molar-refractivity contribution in [1.82, 2.24) is 19.9 Å². The summed E-state index contributed by atoms with van der Waals surface area (Å²) < 4.78 is 0. The molecule has 4 rings (SSSR count). The summed E-state index contributed by atoms with van der Waals surface area (Å²) >= 11 is 0. The summed E-state index contributed by atoms with van der Waals surface area (Å²) in [7, 11) is 0. The predicted octanol–water partition coefficient (Wildman–Crippen LogP) is 3.62. The third-order valence-electron chi connectivity index (χ3n) is 4.20. The van der Waals surface area contributed by atoms with Gasteiger partial charge in [-0.1, -0.05) is 24.3 Å². The predicted molar refractivity (Wildman–Crippen MR) is 104 cm³/mol. The fraction of sp³-hybridized carbons (Fsp3) is 0.150. The third-order valence-corrected chi connectivity index (χ3v) is 4.20. The van der Waals surface area contributed by atoms with E-state index in [1.165, 1.54) is 16.5 Å². The van der Waals surface area contributed by atoms with Crippen molar-refractivity contribution in [3.63, 3.8) is 0 Å². The number of hydrogen-bond donors (Lipinski definition) is 3. The first-order valence-corrected chi connectivity index (χ1v) is 8.63. The molecule has 0 unspecified atom stereocenters. The molecule has 0 amide bonds. The number of aromatic nitrogens is 4. The van der Waals surface area contributed by atoms with Gasteiger partial charge in [-0.05, 0) is 35.7 Å². The number of aromatic amines is 1. The summed E-state index contributed by atoms with van der Waals surface area (Å²) in [6.07, 6.45) is 8.35. The summed E-state index contributed by atoms with van der Waals surface area (Å²) in [6, 6.07) is 14.2. The number of pyridine rings is 1. The first-order valence-electron chi connectivity index (χ1n) is 8.63. The molecule has 3 N–H and O–H groups in total. The Morgan fingerprint density at radius 3 is 2.85 bits per heavy atom. The molecule has 0 aliphatic rings. The van der Waals surface area contributed by atoms with Crippen molar-refractivity contribution in [3.05, 3.63) is 78.4 Å². The van der Waals surface area contributed by atoms with E-state index in [0.717, 1.165) is 24.3 Å². The molecule has 3 aromatic heterocycles. The van der Waals surface area contributed by atoms with Gasteiger partial charge in [0.05, 0.1) is 0 Å². The van der Waals surface area contributed by atoms with Crippen LogP contribution in [0.4, 0.5) is 11.8 Å². The number of hydrogen-bond acceptors (Lipinski definition) is 5. The molecular formula is C20H20N6. The second kappa shape index (κ2) is 7.65. The van der Waals surface area contributed by atoms with Crippen LogP contribution in [-0.2, 0) is 13.0 Å². The largest absolute Gasteiger partial charge is 0.370 e. The number of nitrogens with zero attached hydrogens (tertiary/aromatic N) is 3. The van der Waals surface area contributed by atoms with E-state index < -0.39 is 0 Å². The average Bonchev–Trinajstić information content (AvgIpc) is 3.11. The molecule has 0 atom stereocenters. The summed E-state index contributed by atoms with van der Waals surface area (Å²) in [5, 5.41) is 7.87. The highest BCUT2D eigenvalue weighted by Crippen LogP contribution is 2.18. The maximum Gasteiger partial charge on any atom is 0.224 e. The van der Waals surface area contributed by atoms with E-state index in [2.05, 4.69) is 55.0 Å². The van der Waals surface area contributed by atoms with Gasteiger partial charge in [-0.15, -0.1) is 0 Å². The van der Waals surface area contributed by atoms with Crippen molar-refractivity contribution in [1.29, 1.82) is 0 Å². The first-order chi connectivity index (χ1) is 12.9. The van der Waals surface area contributed by atoms with Crippen LogP contribution in [0.1, 0.15) is 11.1 Å². The molecule has 0 aliphatic heterocycles. The average molecular weight is 344 g/mol. The minimum atomic E-state index is 0.603. The lowest BCUT2D eigenvalue weighted by molar-refractivity contribution is 0.995. The Labute approximate surface area is 151 Å². The van der Waals surface area contributed by atoms with Crippen molar-refractivity contribution < 1.29 is 0 Å². The maximum absolute atomic E-state index is 4.51. The van der Waals surface area contributed by atoms with Crippen molar-refractivity contribution in [2.75, 3.05) is 17.2 Å². The van der Waals surface area contributed by atoms with Crippen LogP contribution in [0, 0.1) is 0 Å². The van der Waals surface area contributed by atoms with Gasteiger partial charge in [0.1, 0.15) is 5.82 Å². The number of fused-ring (bicyclic) bond motifs is 1. The quantitative estimate of drug-likeness (QED) is 0.477. The van der Waals surface area contributed by atoms with Gasteiger partial charge in [-0.3, -0.25) is 4.98 Å². The lowest BCUT2D eigenvalue weighted by Crippen LogP contribution is -2.09. The molecule has 6 heteroatoms.